The summed E-state index contributed by atoms with van der Waals surface area (Å²) in [7, 11) is 3.50. The van der Waals surface area contributed by atoms with Crippen LogP contribution in [0.25, 0.3) is 0 Å². The fourth-order valence-electron chi connectivity index (χ4n) is 0.826. The van der Waals surface area contributed by atoms with Crippen molar-refractivity contribution in [1.82, 2.24) is 0 Å². The summed E-state index contributed by atoms with van der Waals surface area (Å²) in [6.07, 6.45) is 1.47. The van der Waals surface area contributed by atoms with Crippen molar-refractivity contribution in [3.8, 4) is 0 Å². The van der Waals surface area contributed by atoms with Crippen molar-refractivity contribution in [2.75, 3.05) is 6.38 Å². The molecule has 0 bridgehead atoms. The van der Waals surface area contributed by atoms with Crippen molar-refractivity contribution in [3.63, 3.8) is 0 Å². The Morgan fingerprint density at radius 3 is 2.08 bits per heavy atom. The number of rotatable bonds is 1. The molecule has 0 spiro atoms. The Kier molecular flexibility index (Phi) is 6.53. The van der Waals surface area contributed by atoms with E-state index in [1.165, 1.54) is 6.38 Å². The maximum Gasteiger partial charge on any atom is 0.0437 e. The van der Waals surface area contributed by atoms with E-state index in [0.717, 1.165) is 10.6 Å². The van der Waals surface area contributed by atoms with E-state index in [1.54, 1.807) is 0 Å². The zero-order chi connectivity index (χ0) is 9.56. The molecule has 0 saturated carbocycles. The highest BCUT2D eigenvalue weighted by Gasteiger charge is 2.01. The molecule has 0 saturated heterocycles. The summed E-state index contributed by atoms with van der Waals surface area (Å²) in [6, 6.07) is 7.83. The van der Waals surface area contributed by atoms with E-state index in [1.807, 2.05) is 24.3 Å². The molecular weight excluding hydrogens is 207 g/mol. The summed E-state index contributed by atoms with van der Waals surface area (Å²) in [5.74, 6) is 0. The Hall–Kier alpha value is 0.0169. The minimum Gasteiger partial charge on any atom is -0.130 e. The van der Waals surface area contributed by atoms with Crippen molar-refractivity contribution < 1.29 is 0 Å². The van der Waals surface area contributed by atoms with Gasteiger partial charge in [-0.2, -0.15) is 0 Å². The zero-order valence-electron chi connectivity index (χ0n) is 7.14. The average molecular weight is 218 g/mol. The van der Waals surface area contributed by atoms with Gasteiger partial charge in [0.05, 0.1) is 0 Å². The Morgan fingerprint density at radius 2 is 1.75 bits per heavy atom. The Balaban J connectivity index is 0.000000561. The number of halogens is 2. The third kappa shape index (κ3) is 3.61. The first-order valence-electron chi connectivity index (χ1n) is 3.55. The first-order valence-corrected chi connectivity index (χ1v) is 5.26. The maximum absolute atomic E-state index is 5.89. The van der Waals surface area contributed by atoms with Crippen molar-refractivity contribution in [2.24, 2.45) is 0 Å². The molecule has 0 aliphatic heterocycles. The molecule has 0 nitrogen and oxygen atoms in total. The number of hydrogen-bond donors (Lipinski definition) is 0. The number of hydrogen-bond acceptors (Lipinski definition) is 0. The summed E-state index contributed by atoms with van der Waals surface area (Å²) in [4.78, 5) is 0. The summed E-state index contributed by atoms with van der Waals surface area (Å²) in [5.41, 5.74) is 1.47. The zero-order valence-corrected chi connectivity index (χ0v) is 9.65. The van der Waals surface area contributed by atoms with E-state index >= 15 is 0 Å². The average Bonchev–Trinajstić information content (AvgIpc) is 2.08. The summed E-state index contributed by atoms with van der Waals surface area (Å²) in [6.45, 7) is 2.05. The molecule has 0 amide bonds. The van der Waals surface area contributed by atoms with Gasteiger partial charge in [-0.05, 0) is 17.2 Å². The predicted octanol–water partition coefficient (Wildman–Crippen LogP) is 3.42. The van der Waals surface area contributed by atoms with E-state index in [9.17, 15) is 0 Å². The van der Waals surface area contributed by atoms with Crippen molar-refractivity contribution in [1.29, 1.82) is 0 Å². The molecule has 0 N–H and O–H groups in total. The van der Waals surface area contributed by atoms with Gasteiger partial charge in [-0.15, -0.1) is 11.6 Å². The Labute approximate surface area is 87.3 Å². The van der Waals surface area contributed by atoms with Crippen LogP contribution in [-0.2, 0) is 0 Å². The molecule has 12 heavy (non-hydrogen) atoms. The first kappa shape index (κ1) is 12.0. The van der Waals surface area contributed by atoms with Crippen LogP contribution in [0.15, 0.2) is 24.3 Å². The normalized spacial score (nSPS) is 11.4. The predicted molar refractivity (Wildman–Crippen MR) is 57.4 cm³/mol. The number of benzene rings is 1. The summed E-state index contributed by atoms with van der Waals surface area (Å²) < 4.78 is 0. The topological polar surface area (TPSA) is 0 Å². The molecule has 1 rings (SSSR count). The fourth-order valence-corrected chi connectivity index (χ4v) is 1.47. The second kappa shape index (κ2) is 6.52. The smallest absolute Gasteiger partial charge is 0.0437 e. The van der Waals surface area contributed by atoms with Crippen LogP contribution < -0.4 is 0 Å². The third-order valence-electron chi connectivity index (χ3n) is 1.37. The molecule has 1 aromatic carbocycles. The van der Waals surface area contributed by atoms with E-state index in [4.69, 9.17) is 11.6 Å². The summed E-state index contributed by atoms with van der Waals surface area (Å²) >= 11 is 10.5. The minimum absolute atomic E-state index is 0.327. The third-order valence-corrected chi connectivity index (χ3v) is 2.03. The van der Waals surface area contributed by atoms with Crippen LogP contribution in [0.3, 0.4) is 0 Å². The molecular formula is C9H11Cl2Si. The minimum atomic E-state index is 0.327. The van der Waals surface area contributed by atoms with Crippen LogP contribution in [0.1, 0.15) is 18.0 Å². The van der Waals surface area contributed by atoms with Gasteiger partial charge in [0.15, 0.2) is 0 Å². The van der Waals surface area contributed by atoms with Gasteiger partial charge in [-0.3, -0.25) is 0 Å². The number of alkyl halides is 1. The lowest BCUT2D eigenvalue weighted by Gasteiger charge is -2.05. The van der Waals surface area contributed by atoms with Crippen LogP contribution in [0.5, 0.6) is 0 Å². The van der Waals surface area contributed by atoms with Gasteiger partial charge >= 0.3 is 0 Å². The monoisotopic (exact) mass is 217 g/mol. The van der Waals surface area contributed by atoms with Crippen LogP contribution in [0, 0.1) is 0 Å². The molecule has 0 aliphatic rings. The molecule has 0 heterocycles. The second-order valence-electron chi connectivity index (χ2n) is 2.24. The lowest BCUT2D eigenvalue weighted by Crippen LogP contribution is -1.91. The Bertz CT molecular complexity index is 224. The van der Waals surface area contributed by atoms with Gasteiger partial charge in [0.25, 0.3) is 0 Å². The SMILES string of the molecule is CC([Si])c1ccccc1Cl.CCl. The molecule has 0 fully saturated rings. The molecule has 0 aromatic heterocycles. The van der Waals surface area contributed by atoms with Crippen molar-refractivity contribution in [3.05, 3.63) is 34.9 Å². The molecule has 65 valence electrons. The van der Waals surface area contributed by atoms with Crippen LogP contribution >= 0.6 is 23.2 Å². The van der Waals surface area contributed by atoms with E-state index in [-0.39, 0.29) is 0 Å². The molecule has 3 radical (unpaired) electrons. The van der Waals surface area contributed by atoms with Gasteiger partial charge in [-0.1, -0.05) is 36.7 Å². The van der Waals surface area contributed by atoms with E-state index in [0.29, 0.717) is 5.54 Å². The van der Waals surface area contributed by atoms with Crippen molar-refractivity contribution >= 4 is 33.4 Å². The van der Waals surface area contributed by atoms with Gasteiger partial charge in [0, 0.05) is 21.6 Å². The first-order chi connectivity index (χ1) is 5.72. The summed E-state index contributed by atoms with van der Waals surface area (Å²) in [5, 5.41) is 0.824. The van der Waals surface area contributed by atoms with Crippen molar-refractivity contribution in [2.45, 2.75) is 12.5 Å². The second-order valence-corrected chi connectivity index (χ2v) is 3.52. The van der Waals surface area contributed by atoms with Crippen LogP contribution in [0.2, 0.25) is 5.02 Å². The molecule has 1 unspecified atom stereocenters. The van der Waals surface area contributed by atoms with E-state index < -0.39 is 0 Å². The van der Waals surface area contributed by atoms with E-state index in [2.05, 4.69) is 28.8 Å². The molecule has 3 heteroatoms. The lowest BCUT2D eigenvalue weighted by atomic mass is 10.2. The quantitative estimate of drug-likeness (QED) is 0.500. The molecule has 0 aliphatic carbocycles. The highest BCUT2D eigenvalue weighted by Crippen LogP contribution is 2.20. The lowest BCUT2D eigenvalue weighted by molar-refractivity contribution is 1.08. The molecule has 1 atom stereocenters. The van der Waals surface area contributed by atoms with Crippen LogP contribution in [0.4, 0.5) is 0 Å². The van der Waals surface area contributed by atoms with Gasteiger partial charge in [-0.25, -0.2) is 0 Å². The standard InChI is InChI=1S/C8H8ClSi.CH3Cl/c1-6(10)7-4-2-3-5-8(7)9;1-2/h2-6H,1H3;1H3. The van der Waals surface area contributed by atoms with Gasteiger partial charge in [0.2, 0.25) is 0 Å². The molecule has 1 aromatic rings. The van der Waals surface area contributed by atoms with Crippen LogP contribution in [-0.4, -0.2) is 16.6 Å². The van der Waals surface area contributed by atoms with Gasteiger partial charge in [0.1, 0.15) is 0 Å². The fraction of sp³-hybridized carbons (Fsp3) is 0.333. The maximum atomic E-state index is 5.89. The largest absolute Gasteiger partial charge is 0.130 e. The highest BCUT2D eigenvalue weighted by molar-refractivity contribution is 6.32. The Morgan fingerprint density at radius 1 is 1.25 bits per heavy atom. The highest BCUT2D eigenvalue weighted by atomic mass is 35.5. The van der Waals surface area contributed by atoms with Gasteiger partial charge < -0.3 is 0 Å².